The maximum atomic E-state index is 9.66. The molecule has 0 spiro atoms. The minimum Gasteiger partial charge on any atom is -0.393 e. The molecule has 1 unspecified atom stereocenters. The number of nitrogens with zero attached hydrogens (tertiary/aromatic N) is 1. The molecule has 118 valence electrons. The summed E-state index contributed by atoms with van der Waals surface area (Å²) in [5, 5.41) is 13.0. The van der Waals surface area contributed by atoms with E-state index in [-0.39, 0.29) is 6.10 Å². The van der Waals surface area contributed by atoms with Crippen LogP contribution in [-0.2, 0) is 11.3 Å². The Bertz CT molecular complexity index is 398. The molecule has 0 aromatic heterocycles. The Labute approximate surface area is 128 Å². The topological polar surface area (TPSA) is 44.7 Å². The monoisotopic (exact) mass is 292 g/mol. The van der Waals surface area contributed by atoms with E-state index in [0.29, 0.717) is 5.92 Å². The maximum Gasteiger partial charge on any atom is 0.0587 e. The number of nitrogens with one attached hydrogen (secondary N) is 1. The Morgan fingerprint density at radius 1 is 1.29 bits per heavy atom. The highest BCUT2D eigenvalue weighted by Crippen LogP contribution is 2.25. The highest BCUT2D eigenvalue weighted by molar-refractivity contribution is 5.48. The number of rotatable bonds is 7. The van der Waals surface area contributed by atoms with Crippen LogP contribution in [0, 0.1) is 5.92 Å². The van der Waals surface area contributed by atoms with Gasteiger partial charge in [0.05, 0.1) is 12.7 Å². The van der Waals surface area contributed by atoms with E-state index < -0.39 is 0 Å². The molecule has 1 aromatic rings. The number of aliphatic hydroxyl groups is 1. The fraction of sp³-hybridized carbons (Fsp3) is 0.647. The lowest BCUT2D eigenvalue weighted by atomic mass is 9.92. The molecule has 0 amide bonds. The first kappa shape index (κ1) is 16.3. The van der Waals surface area contributed by atoms with E-state index in [1.165, 1.54) is 11.3 Å². The number of anilines is 1. The number of hydrogen-bond donors (Lipinski definition) is 2. The first-order chi connectivity index (χ1) is 10.2. The smallest absolute Gasteiger partial charge is 0.0587 e. The van der Waals surface area contributed by atoms with Crippen LogP contribution >= 0.6 is 0 Å². The van der Waals surface area contributed by atoms with Crippen molar-refractivity contribution >= 4 is 5.69 Å². The van der Waals surface area contributed by atoms with Crippen molar-refractivity contribution < 1.29 is 9.84 Å². The van der Waals surface area contributed by atoms with E-state index in [2.05, 4.69) is 34.5 Å². The van der Waals surface area contributed by atoms with Gasteiger partial charge in [-0.15, -0.1) is 0 Å². The van der Waals surface area contributed by atoms with Crippen LogP contribution < -0.4 is 10.2 Å². The Morgan fingerprint density at radius 3 is 2.52 bits per heavy atom. The summed E-state index contributed by atoms with van der Waals surface area (Å²) in [6.07, 6.45) is 1.99. The zero-order chi connectivity index (χ0) is 15.1. The van der Waals surface area contributed by atoms with Crippen LogP contribution in [0.5, 0.6) is 0 Å². The summed E-state index contributed by atoms with van der Waals surface area (Å²) in [4.78, 5) is 2.42. The largest absolute Gasteiger partial charge is 0.393 e. The molecule has 1 fully saturated rings. The zero-order valence-electron chi connectivity index (χ0n) is 13.2. The SMILES string of the molecule is COCCNCc1ccc(N2CCC(C(C)O)CC2)cc1. The average Bonchev–Trinajstić information content (AvgIpc) is 2.52. The van der Waals surface area contributed by atoms with Crippen molar-refractivity contribution in [1.82, 2.24) is 5.32 Å². The summed E-state index contributed by atoms with van der Waals surface area (Å²) >= 11 is 0. The summed E-state index contributed by atoms with van der Waals surface area (Å²) in [7, 11) is 1.72. The van der Waals surface area contributed by atoms with Crippen LogP contribution in [0.25, 0.3) is 0 Å². The second-order valence-corrected chi connectivity index (χ2v) is 5.90. The first-order valence-electron chi connectivity index (χ1n) is 7.92. The highest BCUT2D eigenvalue weighted by Gasteiger charge is 2.22. The molecule has 1 aromatic carbocycles. The van der Waals surface area contributed by atoms with Gasteiger partial charge in [-0.25, -0.2) is 0 Å². The van der Waals surface area contributed by atoms with Crippen LogP contribution in [-0.4, -0.2) is 44.6 Å². The fourth-order valence-electron chi connectivity index (χ4n) is 2.87. The predicted octanol–water partition coefficient (Wildman–Crippen LogP) is 2.02. The lowest BCUT2D eigenvalue weighted by Crippen LogP contribution is -2.37. The normalized spacial score (nSPS) is 18.0. The van der Waals surface area contributed by atoms with Crippen molar-refractivity contribution in [3.63, 3.8) is 0 Å². The molecule has 0 aliphatic carbocycles. The minimum atomic E-state index is -0.173. The Balaban J connectivity index is 1.80. The molecular formula is C17H28N2O2. The van der Waals surface area contributed by atoms with E-state index in [0.717, 1.165) is 45.6 Å². The van der Waals surface area contributed by atoms with Crippen LogP contribution in [0.3, 0.4) is 0 Å². The molecule has 2 rings (SSSR count). The molecule has 1 heterocycles. The molecule has 0 radical (unpaired) electrons. The summed E-state index contributed by atoms with van der Waals surface area (Å²) < 4.78 is 5.02. The number of hydrogen-bond acceptors (Lipinski definition) is 4. The summed E-state index contributed by atoms with van der Waals surface area (Å²) in [5.41, 5.74) is 2.59. The molecule has 1 aliphatic rings. The van der Waals surface area contributed by atoms with Crippen molar-refractivity contribution in [1.29, 1.82) is 0 Å². The van der Waals surface area contributed by atoms with Crippen molar-refractivity contribution in [2.75, 3.05) is 38.3 Å². The van der Waals surface area contributed by atoms with Gasteiger partial charge in [0.1, 0.15) is 0 Å². The number of methoxy groups -OCH3 is 1. The molecule has 1 aliphatic heterocycles. The maximum absolute atomic E-state index is 9.66. The molecule has 1 saturated heterocycles. The lowest BCUT2D eigenvalue weighted by molar-refractivity contribution is 0.110. The number of benzene rings is 1. The van der Waals surface area contributed by atoms with Crippen LogP contribution in [0.1, 0.15) is 25.3 Å². The number of aliphatic hydroxyl groups excluding tert-OH is 1. The van der Waals surface area contributed by atoms with Gasteiger partial charge >= 0.3 is 0 Å². The van der Waals surface area contributed by atoms with Gasteiger partial charge in [0.2, 0.25) is 0 Å². The van der Waals surface area contributed by atoms with E-state index in [4.69, 9.17) is 4.74 Å². The molecule has 4 heteroatoms. The molecule has 0 bridgehead atoms. The third-order valence-electron chi connectivity index (χ3n) is 4.34. The predicted molar refractivity (Wildman–Crippen MR) is 86.6 cm³/mol. The van der Waals surface area contributed by atoms with E-state index in [9.17, 15) is 5.11 Å². The van der Waals surface area contributed by atoms with E-state index in [1.807, 2.05) is 6.92 Å². The second kappa shape index (κ2) is 8.37. The van der Waals surface area contributed by atoms with Gasteiger partial charge < -0.3 is 20.1 Å². The highest BCUT2D eigenvalue weighted by atomic mass is 16.5. The van der Waals surface area contributed by atoms with Gasteiger partial charge in [-0.1, -0.05) is 12.1 Å². The molecule has 4 nitrogen and oxygen atoms in total. The van der Waals surface area contributed by atoms with Gasteiger partial charge in [-0.2, -0.15) is 0 Å². The Kier molecular flexibility index (Phi) is 6.49. The zero-order valence-corrected chi connectivity index (χ0v) is 13.2. The van der Waals surface area contributed by atoms with Crippen LogP contribution in [0.15, 0.2) is 24.3 Å². The van der Waals surface area contributed by atoms with Crippen molar-refractivity contribution in [2.45, 2.75) is 32.4 Å². The fourth-order valence-corrected chi connectivity index (χ4v) is 2.87. The first-order valence-corrected chi connectivity index (χ1v) is 7.92. The van der Waals surface area contributed by atoms with Gasteiger partial charge in [-0.05, 0) is 43.4 Å². The number of piperidine rings is 1. The molecular weight excluding hydrogens is 264 g/mol. The third kappa shape index (κ3) is 4.99. The molecule has 0 saturated carbocycles. The third-order valence-corrected chi connectivity index (χ3v) is 4.34. The lowest BCUT2D eigenvalue weighted by Gasteiger charge is -2.34. The standard InChI is InChI=1S/C17H28N2O2/c1-14(20)16-7-10-19(11-8-16)17-5-3-15(4-6-17)13-18-9-12-21-2/h3-6,14,16,18,20H,7-13H2,1-2H3. The summed E-state index contributed by atoms with van der Waals surface area (Å²) in [5.74, 6) is 0.463. The second-order valence-electron chi connectivity index (χ2n) is 5.90. The van der Waals surface area contributed by atoms with E-state index >= 15 is 0 Å². The summed E-state index contributed by atoms with van der Waals surface area (Å²) in [6, 6.07) is 8.79. The quantitative estimate of drug-likeness (QED) is 0.755. The van der Waals surface area contributed by atoms with Gasteiger partial charge in [0, 0.05) is 39.0 Å². The Morgan fingerprint density at radius 2 is 1.95 bits per heavy atom. The molecule has 1 atom stereocenters. The van der Waals surface area contributed by atoms with Gasteiger partial charge in [0.15, 0.2) is 0 Å². The number of ether oxygens (including phenoxy) is 1. The van der Waals surface area contributed by atoms with Crippen molar-refractivity contribution in [3.05, 3.63) is 29.8 Å². The molecule has 21 heavy (non-hydrogen) atoms. The average molecular weight is 292 g/mol. The van der Waals surface area contributed by atoms with Crippen LogP contribution in [0.2, 0.25) is 0 Å². The minimum absolute atomic E-state index is 0.173. The van der Waals surface area contributed by atoms with Crippen molar-refractivity contribution in [3.8, 4) is 0 Å². The van der Waals surface area contributed by atoms with Gasteiger partial charge in [0.25, 0.3) is 0 Å². The van der Waals surface area contributed by atoms with E-state index in [1.54, 1.807) is 7.11 Å². The molecule has 2 N–H and O–H groups in total. The summed E-state index contributed by atoms with van der Waals surface area (Å²) in [6.45, 7) is 6.50. The Hall–Kier alpha value is -1.10. The van der Waals surface area contributed by atoms with Gasteiger partial charge in [-0.3, -0.25) is 0 Å². The van der Waals surface area contributed by atoms with Crippen LogP contribution in [0.4, 0.5) is 5.69 Å². The van der Waals surface area contributed by atoms with Crippen molar-refractivity contribution in [2.24, 2.45) is 5.92 Å².